The number of aromatic nitrogens is 8. The molecule has 21 nitrogen and oxygen atoms in total. The van der Waals surface area contributed by atoms with Gasteiger partial charge in [-0.3, -0.25) is 32.5 Å². The minimum atomic E-state index is -5.21. The van der Waals surface area contributed by atoms with Gasteiger partial charge in [0.15, 0.2) is 47.4 Å². The molecule has 10 atom stereocenters. The maximum Gasteiger partial charge on any atom is 0.472 e. The first-order valence-corrected chi connectivity index (χ1v) is 16.6. The van der Waals surface area contributed by atoms with E-state index in [1.165, 1.54) is 10.9 Å². The number of H-pyrrole nitrogens is 1. The number of phosphoric ester groups is 1. The van der Waals surface area contributed by atoms with Crippen LogP contribution in [0.15, 0.2) is 23.8 Å². The van der Waals surface area contributed by atoms with Crippen molar-refractivity contribution in [3.05, 3.63) is 29.3 Å². The lowest BCUT2D eigenvalue weighted by molar-refractivity contribution is -0.0620. The molecule has 25 heteroatoms. The topological polar surface area (TPSA) is 289 Å². The smallest absolute Gasteiger partial charge is 0.382 e. The second-order valence-corrected chi connectivity index (χ2v) is 13.6. The first kappa shape index (κ1) is 31.1. The molecule has 248 valence electrons. The number of halogens is 2. The molecule has 7 rings (SSSR count). The number of hydrogen-bond acceptors (Lipinski definition) is 16. The standard InChI is InChI=1S/C21H24F2N10O11P2/c22-9-7-1-40-45(35,36)6-39-13-8(43-19(10(13)23)32-4-28-11-15(24)26-3-27-16(11)32)2-41-46(37,38)44-14(9)20(42-7)33-5-29-12-17(33)30-21(25)31-18(12)34/h3-5,7-10,13-14,19-20H,1-2,6H2,(H,35,36)(H,37,38)(H2,24,26,27)(H3,25,30,31,34)/t7-,8-,9?,10?,13+,14?,19-,20-/m1/s1. The molecule has 3 fully saturated rings. The van der Waals surface area contributed by atoms with Crippen LogP contribution in [0.25, 0.3) is 22.3 Å². The first-order chi connectivity index (χ1) is 21.8. The van der Waals surface area contributed by atoms with Gasteiger partial charge in [-0.05, 0) is 0 Å². The number of hydrogen-bond donors (Lipinski definition) is 5. The number of aromatic amines is 1. The number of imidazole rings is 2. The molecule has 0 saturated carbocycles. The zero-order valence-corrected chi connectivity index (χ0v) is 24.8. The molecule has 46 heavy (non-hydrogen) atoms. The zero-order chi connectivity index (χ0) is 32.5. The summed E-state index contributed by atoms with van der Waals surface area (Å²) in [4.78, 5) is 55.4. The van der Waals surface area contributed by atoms with E-state index in [1.807, 2.05) is 0 Å². The van der Waals surface area contributed by atoms with E-state index in [2.05, 4.69) is 29.9 Å². The van der Waals surface area contributed by atoms with E-state index >= 15 is 8.78 Å². The maximum absolute atomic E-state index is 15.9. The highest BCUT2D eigenvalue weighted by Gasteiger charge is 2.53. The molecule has 0 amide bonds. The highest BCUT2D eigenvalue weighted by Crippen LogP contribution is 2.52. The Labute approximate surface area is 253 Å². The van der Waals surface area contributed by atoms with E-state index in [4.69, 9.17) is 39.2 Å². The molecule has 0 radical (unpaired) electrons. The van der Waals surface area contributed by atoms with Crippen LogP contribution in [-0.4, -0.2) is 105 Å². The average molecular weight is 692 g/mol. The Morgan fingerprint density at radius 2 is 1.59 bits per heavy atom. The number of alkyl halides is 2. The van der Waals surface area contributed by atoms with Crippen molar-refractivity contribution < 1.29 is 55.5 Å². The minimum absolute atomic E-state index is 0.00425. The van der Waals surface area contributed by atoms with Crippen LogP contribution >= 0.6 is 15.4 Å². The van der Waals surface area contributed by atoms with Crippen molar-refractivity contribution in [2.75, 3.05) is 31.0 Å². The lowest BCUT2D eigenvalue weighted by Gasteiger charge is -2.25. The Kier molecular flexibility index (Phi) is 7.67. The van der Waals surface area contributed by atoms with Crippen LogP contribution in [-0.2, 0) is 36.9 Å². The monoisotopic (exact) mass is 692 g/mol. The highest BCUT2D eigenvalue weighted by molar-refractivity contribution is 7.52. The third-order valence-electron chi connectivity index (χ3n) is 7.44. The molecule has 4 aromatic heterocycles. The molecule has 7 N–H and O–H groups in total. The average Bonchev–Trinajstić information content (AvgIpc) is 3.75. The van der Waals surface area contributed by atoms with Crippen molar-refractivity contribution in [2.24, 2.45) is 0 Å². The van der Waals surface area contributed by atoms with E-state index in [1.54, 1.807) is 0 Å². The van der Waals surface area contributed by atoms with Gasteiger partial charge < -0.3 is 40.0 Å². The van der Waals surface area contributed by atoms with Crippen LogP contribution in [0.5, 0.6) is 0 Å². The summed E-state index contributed by atoms with van der Waals surface area (Å²) in [5.41, 5.74) is 10.5. The lowest BCUT2D eigenvalue weighted by atomic mass is 10.1. The Morgan fingerprint density at radius 3 is 2.37 bits per heavy atom. The van der Waals surface area contributed by atoms with E-state index < -0.39 is 89.8 Å². The molecule has 3 saturated heterocycles. The van der Waals surface area contributed by atoms with Gasteiger partial charge in [-0.25, -0.2) is 33.3 Å². The summed E-state index contributed by atoms with van der Waals surface area (Å²) >= 11 is 0. The Bertz CT molecular complexity index is 1960. The SMILES string of the molecule is Nc1nc2c(ncn2[C@@H]2O[C@@H]3COP(=O)(O)CO[C@@H]4C(F)[C@H](n5cnc6c(N)ncnc65)O[C@@H]4COP(=O)(O)OC2C3F)c(=O)[nH]1. The van der Waals surface area contributed by atoms with Crippen molar-refractivity contribution in [1.82, 2.24) is 39.0 Å². The third-order valence-corrected chi connectivity index (χ3v) is 9.46. The highest BCUT2D eigenvalue weighted by atomic mass is 31.2. The summed E-state index contributed by atoms with van der Waals surface area (Å²) < 4.78 is 92.1. The summed E-state index contributed by atoms with van der Waals surface area (Å²) in [6.07, 6.45) is -12.0. The predicted octanol–water partition coefficient (Wildman–Crippen LogP) is -0.345. The minimum Gasteiger partial charge on any atom is -0.382 e. The van der Waals surface area contributed by atoms with Crippen LogP contribution < -0.4 is 17.0 Å². The van der Waals surface area contributed by atoms with Gasteiger partial charge in [-0.1, -0.05) is 0 Å². The van der Waals surface area contributed by atoms with Crippen molar-refractivity contribution in [1.29, 1.82) is 0 Å². The van der Waals surface area contributed by atoms with Gasteiger partial charge in [0.2, 0.25) is 5.95 Å². The zero-order valence-electron chi connectivity index (χ0n) is 23.0. The fraction of sp³-hybridized carbons (Fsp3) is 0.524. The number of ether oxygens (including phenoxy) is 3. The van der Waals surface area contributed by atoms with Crippen molar-refractivity contribution in [3.8, 4) is 0 Å². The Hall–Kier alpha value is -3.50. The number of rotatable bonds is 2. The van der Waals surface area contributed by atoms with Crippen molar-refractivity contribution >= 4 is 49.5 Å². The third kappa shape index (κ3) is 5.47. The van der Waals surface area contributed by atoms with E-state index in [0.29, 0.717) is 0 Å². The van der Waals surface area contributed by atoms with Gasteiger partial charge in [0.05, 0.1) is 25.9 Å². The van der Waals surface area contributed by atoms with Crippen LogP contribution in [0.2, 0.25) is 0 Å². The van der Waals surface area contributed by atoms with Gasteiger partial charge >= 0.3 is 15.4 Å². The summed E-state index contributed by atoms with van der Waals surface area (Å²) in [6.45, 7) is -1.77. The van der Waals surface area contributed by atoms with Gasteiger partial charge in [0, 0.05) is 0 Å². The summed E-state index contributed by atoms with van der Waals surface area (Å²) in [6, 6.07) is 0. The largest absolute Gasteiger partial charge is 0.472 e. The molecule has 0 aromatic carbocycles. The van der Waals surface area contributed by atoms with E-state index in [-0.39, 0.29) is 34.1 Å². The number of nitrogens with two attached hydrogens (primary N) is 2. The quantitative estimate of drug-likeness (QED) is 0.168. The first-order valence-electron chi connectivity index (χ1n) is 13.3. The number of fused-ring (bicyclic) bond motifs is 5. The van der Waals surface area contributed by atoms with Crippen LogP contribution in [0, 0.1) is 0 Å². The number of anilines is 2. The molecule has 3 aliphatic rings. The Balaban J connectivity index is 1.20. The molecule has 4 aromatic rings. The van der Waals surface area contributed by atoms with E-state index in [9.17, 15) is 23.7 Å². The molecule has 5 unspecified atom stereocenters. The van der Waals surface area contributed by atoms with Crippen LogP contribution in [0.1, 0.15) is 12.5 Å². The molecule has 7 heterocycles. The molecule has 2 bridgehead atoms. The Morgan fingerprint density at radius 1 is 0.891 bits per heavy atom. The van der Waals surface area contributed by atoms with Gasteiger partial charge in [-0.15, -0.1) is 0 Å². The maximum atomic E-state index is 15.9. The van der Waals surface area contributed by atoms with Crippen molar-refractivity contribution in [2.45, 2.75) is 49.2 Å². The summed E-state index contributed by atoms with van der Waals surface area (Å²) in [5.74, 6) is -0.318. The normalized spacial score (nSPS) is 37.4. The molecule has 0 aliphatic carbocycles. The van der Waals surface area contributed by atoms with Gasteiger partial charge in [0.25, 0.3) is 5.56 Å². The number of nitrogen functional groups attached to an aromatic ring is 2. The number of nitrogens with one attached hydrogen (secondary N) is 1. The fourth-order valence-electron chi connectivity index (χ4n) is 5.36. The fourth-order valence-corrected chi connectivity index (χ4v) is 7.10. The van der Waals surface area contributed by atoms with Gasteiger partial charge in [-0.2, -0.15) is 4.98 Å². The van der Waals surface area contributed by atoms with E-state index in [0.717, 1.165) is 17.2 Å². The number of nitrogens with zero attached hydrogens (tertiary/aromatic N) is 7. The lowest BCUT2D eigenvalue weighted by Crippen LogP contribution is -2.36. The second-order valence-electron chi connectivity index (χ2n) is 10.4. The van der Waals surface area contributed by atoms with Gasteiger partial charge in [0.1, 0.15) is 42.6 Å². The predicted molar refractivity (Wildman–Crippen MR) is 146 cm³/mol. The molecule has 0 spiro atoms. The summed E-state index contributed by atoms with van der Waals surface area (Å²) in [5, 5.41) is 0. The number of phosphoric acid groups is 1. The second kappa shape index (κ2) is 11.3. The molecule has 3 aliphatic heterocycles. The molecular formula is C21H24F2N10O11P2. The van der Waals surface area contributed by atoms with Crippen molar-refractivity contribution in [3.63, 3.8) is 0 Å². The summed E-state index contributed by atoms with van der Waals surface area (Å²) in [7, 11) is -9.92. The van der Waals surface area contributed by atoms with Crippen LogP contribution in [0.3, 0.4) is 0 Å². The molecular weight excluding hydrogens is 668 g/mol. The van der Waals surface area contributed by atoms with Crippen LogP contribution in [0.4, 0.5) is 20.5 Å².